The van der Waals surface area contributed by atoms with Gasteiger partial charge < -0.3 is 14.2 Å². The number of benzene rings is 3. The smallest absolute Gasteiger partial charge is 0.297 e. The minimum atomic E-state index is -0.0821. The second-order valence-corrected chi connectivity index (χ2v) is 25.2. The first-order chi connectivity index (χ1) is 28.8. The fourth-order valence-corrected chi connectivity index (χ4v) is 12.4. The van der Waals surface area contributed by atoms with E-state index in [1.807, 2.05) is 0 Å². The Balaban J connectivity index is 1.35. The Kier molecular flexibility index (Phi) is 8.90. The van der Waals surface area contributed by atoms with Crippen LogP contribution in [0.5, 0.6) is 0 Å². The molecule has 1 aromatic heterocycles. The fourth-order valence-electron chi connectivity index (χ4n) is 12.4. The Labute approximate surface area is 375 Å². The van der Waals surface area contributed by atoms with Crippen LogP contribution >= 0.6 is 0 Å². The number of hydrogen-bond acceptors (Lipinski definition) is 3. The molecule has 324 valence electrons. The molecule has 3 nitrogen and oxygen atoms in total. The van der Waals surface area contributed by atoms with Gasteiger partial charge in [-0.2, -0.15) is 0 Å². The van der Waals surface area contributed by atoms with Crippen LogP contribution < -0.4 is 26.4 Å². The topological polar surface area (TPSA) is 19.6 Å². The highest BCUT2D eigenvalue weighted by atomic mass is 16.3. The van der Waals surface area contributed by atoms with Crippen LogP contribution in [0.4, 0.5) is 28.4 Å². The number of allylic oxidation sites excluding steroid dienone is 3. The van der Waals surface area contributed by atoms with Crippen molar-refractivity contribution in [3.8, 4) is 0 Å². The number of hydrogen-bond donors (Lipinski definition) is 0. The van der Waals surface area contributed by atoms with Crippen LogP contribution in [-0.2, 0) is 33.5 Å². The van der Waals surface area contributed by atoms with Crippen molar-refractivity contribution in [2.75, 3.05) is 9.80 Å². The Morgan fingerprint density at radius 3 is 1.94 bits per heavy atom. The number of nitrogens with zero attached hydrogens (tertiary/aromatic N) is 2. The predicted octanol–water partition coefficient (Wildman–Crippen LogP) is 14.0. The van der Waals surface area contributed by atoms with Crippen molar-refractivity contribution < 1.29 is 4.42 Å². The second kappa shape index (κ2) is 13.2. The maximum Gasteiger partial charge on any atom is 0.297 e. The van der Waals surface area contributed by atoms with Gasteiger partial charge in [0, 0.05) is 34.7 Å². The van der Waals surface area contributed by atoms with Crippen molar-refractivity contribution in [1.29, 1.82) is 0 Å². The van der Waals surface area contributed by atoms with Crippen LogP contribution in [0.15, 0.2) is 70.2 Å². The van der Waals surface area contributed by atoms with Crippen LogP contribution in [-0.4, -0.2) is 12.8 Å². The van der Waals surface area contributed by atoms with Crippen LogP contribution in [0.25, 0.3) is 6.08 Å². The molecule has 4 aliphatic carbocycles. The molecular formula is C58H73BN2O. The van der Waals surface area contributed by atoms with E-state index in [0.29, 0.717) is 0 Å². The number of aryl methyl sites for hydroxylation is 2. The van der Waals surface area contributed by atoms with Crippen molar-refractivity contribution >= 4 is 57.8 Å². The summed E-state index contributed by atoms with van der Waals surface area (Å²) in [7, 11) is 0. The molecule has 4 heteroatoms. The summed E-state index contributed by atoms with van der Waals surface area (Å²) in [4.78, 5) is 5.54. The predicted molar refractivity (Wildman–Crippen MR) is 268 cm³/mol. The first kappa shape index (κ1) is 41.8. The lowest BCUT2D eigenvalue weighted by atomic mass is 9.34. The second-order valence-electron chi connectivity index (χ2n) is 25.2. The molecule has 0 radical (unpaired) electrons. The third kappa shape index (κ3) is 6.10. The van der Waals surface area contributed by atoms with Crippen molar-refractivity contribution in [3.63, 3.8) is 0 Å². The monoisotopic (exact) mass is 825 g/mol. The van der Waals surface area contributed by atoms with E-state index >= 15 is 0 Å². The van der Waals surface area contributed by atoms with Crippen molar-refractivity contribution in [1.82, 2.24) is 0 Å². The standard InChI is InChI=1S/C58H73BN2O/c1-34-17-24-47-39(29-34)50-52(62-47)59-43-23-22-40-48(58(15,16)28-27-55(40,9)10)51(43)61(44-33-42-41(30-35(44)2)56(11,12)25-26-57(42,13)14)46-32-37(54(6,7)8)31-45(49(46)59)60(50)38-20-18-36(19-21-38)53(3,4)5/h18-20,22-23,29-33,38H,17,21,24-28H2,1-16H3. The van der Waals surface area contributed by atoms with Crippen LogP contribution in [0.2, 0.25) is 0 Å². The molecule has 1 atom stereocenters. The third-order valence-electron chi connectivity index (χ3n) is 16.7. The molecule has 2 aliphatic heterocycles. The lowest BCUT2D eigenvalue weighted by Gasteiger charge is -2.50. The Hall–Kier alpha value is -4.18. The molecule has 4 aromatic rings. The Bertz CT molecular complexity index is 2680. The average molecular weight is 825 g/mol. The lowest BCUT2D eigenvalue weighted by Crippen LogP contribution is -2.63. The minimum Gasteiger partial charge on any atom is -0.472 e. The maximum atomic E-state index is 7.46. The van der Waals surface area contributed by atoms with E-state index in [9.17, 15) is 0 Å². The van der Waals surface area contributed by atoms with Crippen molar-refractivity contribution in [3.05, 3.63) is 110 Å². The molecule has 0 saturated carbocycles. The first-order valence-corrected chi connectivity index (χ1v) is 24.1. The first-order valence-electron chi connectivity index (χ1n) is 24.1. The van der Waals surface area contributed by atoms with Gasteiger partial charge in [-0.3, -0.25) is 0 Å². The highest BCUT2D eigenvalue weighted by Crippen LogP contribution is 2.56. The zero-order valence-electron chi connectivity index (χ0n) is 41.2. The van der Waals surface area contributed by atoms with E-state index in [-0.39, 0.29) is 45.2 Å². The van der Waals surface area contributed by atoms with E-state index in [4.69, 9.17) is 4.42 Å². The highest BCUT2D eigenvalue weighted by molar-refractivity contribution is 6.99. The van der Waals surface area contributed by atoms with Gasteiger partial charge in [0.25, 0.3) is 6.71 Å². The summed E-state index contributed by atoms with van der Waals surface area (Å²) in [5.41, 5.74) is 23.9. The van der Waals surface area contributed by atoms with Gasteiger partial charge in [-0.1, -0.05) is 145 Å². The zero-order valence-corrected chi connectivity index (χ0v) is 41.2. The molecule has 6 aliphatic rings. The number of fused-ring (bicyclic) bond motifs is 9. The average Bonchev–Trinajstić information content (AvgIpc) is 3.55. The van der Waals surface area contributed by atoms with Crippen LogP contribution in [0, 0.1) is 12.3 Å². The molecule has 0 N–H and O–H groups in total. The van der Waals surface area contributed by atoms with Crippen molar-refractivity contribution in [2.24, 2.45) is 5.41 Å². The number of rotatable bonds is 2. The maximum absolute atomic E-state index is 7.46. The van der Waals surface area contributed by atoms with Crippen LogP contribution in [0.3, 0.4) is 0 Å². The summed E-state index contributed by atoms with van der Waals surface area (Å²) < 4.78 is 7.46. The Morgan fingerprint density at radius 1 is 0.677 bits per heavy atom. The fraction of sp³-hybridized carbons (Fsp3) is 0.517. The summed E-state index contributed by atoms with van der Waals surface area (Å²) in [6.07, 6.45) is 17.6. The molecule has 0 spiro atoms. The molecule has 0 bridgehead atoms. The van der Waals surface area contributed by atoms with Gasteiger partial charge in [0.15, 0.2) is 0 Å². The summed E-state index contributed by atoms with van der Waals surface area (Å²) in [5, 5.41) is 0. The van der Waals surface area contributed by atoms with Gasteiger partial charge in [-0.05, 0) is 153 Å². The molecule has 10 rings (SSSR count). The molecule has 0 fully saturated rings. The van der Waals surface area contributed by atoms with Crippen LogP contribution in [0.1, 0.15) is 187 Å². The van der Waals surface area contributed by atoms with Gasteiger partial charge in [0.05, 0.1) is 17.4 Å². The highest BCUT2D eigenvalue weighted by Gasteiger charge is 2.52. The summed E-state index contributed by atoms with van der Waals surface area (Å²) in [5.74, 6) is 1.15. The summed E-state index contributed by atoms with van der Waals surface area (Å²) in [6.45, 7) is 38.9. The summed E-state index contributed by atoms with van der Waals surface area (Å²) >= 11 is 0. The molecule has 3 heterocycles. The minimum absolute atomic E-state index is 0.0183. The molecule has 0 saturated heterocycles. The molecule has 62 heavy (non-hydrogen) atoms. The van der Waals surface area contributed by atoms with Gasteiger partial charge in [-0.15, -0.1) is 0 Å². The van der Waals surface area contributed by atoms with Gasteiger partial charge >= 0.3 is 0 Å². The van der Waals surface area contributed by atoms with E-state index in [2.05, 4.69) is 181 Å². The van der Waals surface area contributed by atoms with Gasteiger partial charge in [0.2, 0.25) is 0 Å². The Morgan fingerprint density at radius 2 is 1.31 bits per heavy atom. The quantitative estimate of drug-likeness (QED) is 0.165. The molecule has 3 aromatic carbocycles. The number of anilines is 5. The van der Waals surface area contributed by atoms with Gasteiger partial charge in [0.1, 0.15) is 5.76 Å². The lowest BCUT2D eigenvalue weighted by molar-refractivity contribution is 0.331. The largest absolute Gasteiger partial charge is 0.472 e. The summed E-state index contributed by atoms with van der Waals surface area (Å²) in [6, 6.07) is 15.7. The zero-order chi connectivity index (χ0) is 44.4. The van der Waals surface area contributed by atoms with E-state index in [1.165, 1.54) is 109 Å². The SMILES string of the molecule is CC1=Cc2c(oc3c2N(C2C=CC(C(C)(C)C)=CC2)c2cc(C(C)(C)C)cc4c2B3c2ccc3c(c2N4c2cc4c(cc2C)C(C)(C)CCC4(C)C)C(C)(C)CCC3(C)C)CC1. The van der Waals surface area contributed by atoms with E-state index in [0.717, 1.165) is 37.1 Å². The molecule has 0 amide bonds. The van der Waals surface area contributed by atoms with Crippen molar-refractivity contribution in [2.45, 2.75) is 189 Å². The van der Waals surface area contributed by atoms with E-state index < -0.39 is 0 Å². The van der Waals surface area contributed by atoms with E-state index in [1.54, 1.807) is 0 Å². The molecule has 1 unspecified atom stereocenters. The third-order valence-corrected chi connectivity index (χ3v) is 16.7. The van der Waals surface area contributed by atoms with Gasteiger partial charge in [-0.25, -0.2) is 0 Å². The molecular weight excluding hydrogens is 751 g/mol. The number of furan rings is 1. The normalized spacial score (nSPS) is 22.5.